The minimum Gasteiger partial charge on any atom is -0.494 e. The third-order valence-electron chi connectivity index (χ3n) is 2.15. The molecule has 1 aromatic rings. The Morgan fingerprint density at radius 3 is 2.88 bits per heavy atom. The van der Waals surface area contributed by atoms with Crippen molar-refractivity contribution >= 4 is 0 Å². The first-order valence-corrected chi connectivity index (χ1v) is 5.17. The fourth-order valence-electron chi connectivity index (χ4n) is 1.16. The summed E-state index contributed by atoms with van der Waals surface area (Å²) in [5.41, 5.74) is 0.999. The van der Waals surface area contributed by atoms with Crippen LogP contribution in [0.25, 0.3) is 0 Å². The topological polar surface area (TPSA) is 18.5 Å². The lowest BCUT2D eigenvalue weighted by atomic mass is 10.2. The molecule has 0 aliphatic carbocycles. The molecule has 0 spiro atoms. The Bertz CT molecular complexity index is 399. The molecule has 0 amide bonds. The first-order chi connectivity index (χ1) is 7.77. The molecule has 0 bridgehead atoms. The van der Waals surface area contributed by atoms with Crippen molar-refractivity contribution < 1.29 is 9.47 Å². The fourth-order valence-corrected chi connectivity index (χ4v) is 1.16. The Labute approximate surface area is 96.9 Å². The first-order valence-electron chi connectivity index (χ1n) is 5.17. The molecule has 0 saturated carbocycles. The molecule has 0 atom stereocenters. The predicted octanol–water partition coefficient (Wildman–Crippen LogP) is 3.14. The van der Waals surface area contributed by atoms with Crippen LogP contribution in [0.1, 0.15) is 19.4 Å². The summed E-state index contributed by atoms with van der Waals surface area (Å²) in [6.45, 7) is 4.64. The van der Waals surface area contributed by atoms with Gasteiger partial charge in [0.2, 0.25) is 0 Å². The lowest BCUT2D eigenvalue weighted by Crippen LogP contribution is -1.99. The molecule has 1 aromatic carbocycles. The van der Waals surface area contributed by atoms with E-state index >= 15 is 0 Å². The zero-order chi connectivity index (χ0) is 11.8. The highest BCUT2D eigenvalue weighted by Gasteiger charge is 2.02. The van der Waals surface area contributed by atoms with Gasteiger partial charge in [0.25, 0.3) is 0 Å². The summed E-state index contributed by atoms with van der Waals surface area (Å²) in [6.07, 6.45) is 7.08. The SMILES string of the molecule is C#CCOc1ccccc1CO/C(C)=C/C. The molecular weight excluding hydrogens is 200 g/mol. The summed E-state index contributed by atoms with van der Waals surface area (Å²) in [6, 6.07) is 7.72. The zero-order valence-electron chi connectivity index (χ0n) is 9.69. The van der Waals surface area contributed by atoms with E-state index in [2.05, 4.69) is 5.92 Å². The quantitative estimate of drug-likeness (QED) is 0.556. The van der Waals surface area contributed by atoms with Gasteiger partial charge in [-0.3, -0.25) is 0 Å². The van der Waals surface area contributed by atoms with Crippen molar-refractivity contribution in [1.29, 1.82) is 0 Å². The molecule has 0 fully saturated rings. The van der Waals surface area contributed by atoms with Crippen molar-refractivity contribution in [2.75, 3.05) is 6.61 Å². The van der Waals surface area contributed by atoms with E-state index in [9.17, 15) is 0 Å². The van der Waals surface area contributed by atoms with Gasteiger partial charge in [-0.05, 0) is 26.0 Å². The second-order valence-electron chi connectivity index (χ2n) is 3.29. The Hall–Kier alpha value is -1.88. The third-order valence-corrected chi connectivity index (χ3v) is 2.15. The van der Waals surface area contributed by atoms with E-state index in [0.717, 1.165) is 17.1 Å². The van der Waals surface area contributed by atoms with E-state index in [4.69, 9.17) is 15.9 Å². The van der Waals surface area contributed by atoms with Crippen LogP contribution in [0.5, 0.6) is 5.75 Å². The van der Waals surface area contributed by atoms with Crippen LogP contribution >= 0.6 is 0 Å². The largest absolute Gasteiger partial charge is 0.494 e. The van der Waals surface area contributed by atoms with Crippen LogP contribution in [0.3, 0.4) is 0 Å². The van der Waals surface area contributed by atoms with E-state index in [-0.39, 0.29) is 6.61 Å². The molecule has 0 N–H and O–H groups in total. The van der Waals surface area contributed by atoms with Crippen molar-refractivity contribution in [2.45, 2.75) is 20.5 Å². The van der Waals surface area contributed by atoms with Gasteiger partial charge in [0, 0.05) is 5.56 Å². The highest BCUT2D eigenvalue weighted by Crippen LogP contribution is 2.19. The van der Waals surface area contributed by atoms with Crippen LogP contribution in [0.15, 0.2) is 36.1 Å². The third kappa shape index (κ3) is 3.70. The molecule has 0 aliphatic heterocycles. The lowest BCUT2D eigenvalue weighted by Gasteiger charge is -2.10. The van der Waals surface area contributed by atoms with Crippen LogP contribution in [0.2, 0.25) is 0 Å². The molecule has 84 valence electrons. The summed E-state index contributed by atoms with van der Waals surface area (Å²) < 4.78 is 10.9. The highest BCUT2D eigenvalue weighted by atomic mass is 16.5. The van der Waals surface area contributed by atoms with Crippen molar-refractivity contribution in [2.24, 2.45) is 0 Å². The second-order valence-corrected chi connectivity index (χ2v) is 3.29. The van der Waals surface area contributed by atoms with Crippen LogP contribution in [-0.2, 0) is 11.3 Å². The van der Waals surface area contributed by atoms with Crippen molar-refractivity contribution in [3.63, 3.8) is 0 Å². The van der Waals surface area contributed by atoms with E-state index in [0.29, 0.717) is 6.61 Å². The van der Waals surface area contributed by atoms with Crippen LogP contribution in [-0.4, -0.2) is 6.61 Å². The molecule has 0 radical (unpaired) electrons. The molecule has 2 heteroatoms. The summed E-state index contributed by atoms with van der Waals surface area (Å²) in [5.74, 6) is 4.12. The standard InChI is InChI=1S/C14H16O2/c1-4-10-15-14-9-7-6-8-13(14)11-16-12(3)5-2/h1,5-9H,10-11H2,2-3H3/b12-5+. The maximum atomic E-state index is 5.53. The average molecular weight is 216 g/mol. The van der Waals surface area contributed by atoms with Crippen LogP contribution < -0.4 is 4.74 Å². The Morgan fingerprint density at radius 1 is 1.44 bits per heavy atom. The van der Waals surface area contributed by atoms with E-state index in [1.165, 1.54) is 0 Å². The van der Waals surface area contributed by atoms with E-state index in [1.54, 1.807) is 0 Å². The zero-order valence-corrected chi connectivity index (χ0v) is 9.69. The summed E-state index contributed by atoms with van der Waals surface area (Å²) in [4.78, 5) is 0. The molecule has 0 unspecified atom stereocenters. The molecule has 0 heterocycles. The van der Waals surface area contributed by atoms with Crippen LogP contribution in [0.4, 0.5) is 0 Å². The van der Waals surface area contributed by atoms with Crippen molar-refractivity contribution in [1.82, 2.24) is 0 Å². The Balaban J connectivity index is 2.67. The smallest absolute Gasteiger partial charge is 0.148 e. The normalized spacial score (nSPS) is 10.7. The summed E-state index contributed by atoms with van der Waals surface area (Å²) in [7, 11) is 0. The van der Waals surface area contributed by atoms with Gasteiger partial charge in [-0.1, -0.05) is 24.1 Å². The van der Waals surface area contributed by atoms with Gasteiger partial charge in [0.15, 0.2) is 0 Å². The molecule has 0 saturated heterocycles. The number of para-hydroxylation sites is 1. The fraction of sp³-hybridized carbons (Fsp3) is 0.286. The maximum absolute atomic E-state index is 5.53. The van der Waals surface area contributed by atoms with Gasteiger partial charge in [0.1, 0.15) is 19.0 Å². The first kappa shape index (κ1) is 12.2. The maximum Gasteiger partial charge on any atom is 0.148 e. The molecule has 0 aliphatic rings. The van der Waals surface area contributed by atoms with Crippen molar-refractivity contribution in [3.05, 3.63) is 41.7 Å². The summed E-state index contributed by atoms with van der Waals surface area (Å²) in [5, 5.41) is 0. The molecule has 2 nitrogen and oxygen atoms in total. The van der Waals surface area contributed by atoms with E-state index < -0.39 is 0 Å². The number of ether oxygens (including phenoxy) is 2. The van der Waals surface area contributed by atoms with Gasteiger partial charge < -0.3 is 9.47 Å². The Kier molecular flexibility index (Phi) is 5.01. The molecular formula is C14H16O2. The van der Waals surface area contributed by atoms with Gasteiger partial charge in [-0.25, -0.2) is 0 Å². The molecule has 1 rings (SSSR count). The minimum absolute atomic E-state index is 0.277. The van der Waals surface area contributed by atoms with Gasteiger partial charge in [-0.2, -0.15) is 0 Å². The lowest BCUT2D eigenvalue weighted by molar-refractivity contribution is 0.196. The average Bonchev–Trinajstić information content (AvgIpc) is 2.34. The second kappa shape index (κ2) is 6.58. The highest BCUT2D eigenvalue weighted by molar-refractivity contribution is 5.33. The number of rotatable bonds is 5. The molecule has 16 heavy (non-hydrogen) atoms. The van der Waals surface area contributed by atoms with Crippen LogP contribution in [0, 0.1) is 12.3 Å². The number of allylic oxidation sites excluding steroid dienone is 2. The predicted molar refractivity (Wildman–Crippen MR) is 65.0 cm³/mol. The Morgan fingerprint density at radius 2 is 2.19 bits per heavy atom. The number of terminal acetylenes is 1. The molecule has 0 aromatic heterocycles. The van der Waals surface area contributed by atoms with Gasteiger partial charge in [0.05, 0.1) is 5.76 Å². The monoisotopic (exact) mass is 216 g/mol. The van der Waals surface area contributed by atoms with Gasteiger partial charge in [-0.15, -0.1) is 6.42 Å². The number of hydrogen-bond donors (Lipinski definition) is 0. The summed E-state index contributed by atoms with van der Waals surface area (Å²) >= 11 is 0. The van der Waals surface area contributed by atoms with Gasteiger partial charge >= 0.3 is 0 Å². The minimum atomic E-state index is 0.277. The van der Waals surface area contributed by atoms with Crippen molar-refractivity contribution in [3.8, 4) is 18.1 Å². The number of benzene rings is 1. The number of hydrogen-bond acceptors (Lipinski definition) is 2. The van der Waals surface area contributed by atoms with E-state index in [1.807, 2.05) is 44.2 Å².